The molecule has 6 atom stereocenters. The van der Waals surface area contributed by atoms with Gasteiger partial charge in [-0.25, -0.2) is 0 Å². The Balaban J connectivity index is 1.87. The van der Waals surface area contributed by atoms with E-state index in [-0.39, 0.29) is 23.3 Å². The highest BCUT2D eigenvalue weighted by Crippen LogP contribution is 2.48. The zero-order chi connectivity index (χ0) is 43.4. The van der Waals surface area contributed by atoms with Crippen LogP contribution in [-0.4, -0.2) is 60.6 Å². The van der Waals surface area contributed by atoms with Crippen molar-refractivity contribution >= 4 is 22.4 Å². The maximum absolute atomic E-state index is 15.5. The zero-order valence-electron chi connectivity index (χ0n) is 38.5. The van der Waals surface area contributed by atoms with Crippen LogP contribution in [0.3, 0.4) is 0 Å². The number of rotatable bonds is 21. The van der Waals surface area contributed by atoms with Gasteiger partial charge in [-0.2, -0.15) is 0 Å². The lowest BCUT2D eigenvalue weighted by atomic mass is 9.65. The molecule has 1 aliphatic carbocycles. The Hall–Kier alpha value is -2.90. The van der Waals surface area contributed by atoms with Crippen molar-refractivity contribution in [2.45, 2.75) is 156 Å². The highest BCUT2D eigenvalue weighted by molar-refractivity contribution is 6.74. The normalized spacial score (nSPS) is 22.7. The number of ketones is 1. The molecule has 4 rings (SSSR count). The van der Waals surface area contributed by atoms with E-state index in [0.29, 0.717) is 26.2 Å². The standard InChI is InChI=1S/C50H76O7Si2/c1-14-59(15-2,16-3)56-33-23-24-37(4)43-38(5)44(51)46(54-35-40-27-21-18-22-28-40)48(57-58(12,13)49(6,7)8)50(9,10)47(45(43)53-34-39-25-19-17-20-26-39)55-36-41-29-31-42(52-11)32-30-41/h17-22,25-32,38,43,45-48H,4,14-16,23-24,33-36H2,1-3,5-13H3/t38-,43+,45-,46-,47-,48-/m0/s1. The Morgan fingerprint density at radius 2 is 1.25 bits per heavy atom. The first-order valence-electron chi connectivity index (χ1n) is 22.0. The molecule has 0 aromatic heterocycles. The number of benzene rings is 3. The monoisotopic (exact) mass is 845 g/mol. The molecule has 59 heavy (non-hydrogen) atoms. The van der Waals surface area contributed by atoms with E-state index in [2.05, 4.69) is 80.6 Å². The number of Topliss-reactive ketones (excluding diaryl/α,β-unsaturated/α-hetero) is 1. The summed E-state index contributed by atoms with van der Waals surface area (Å²) in [6.07, 6.45) is -1.03. The highest BCUT2D eigenvalue weighted by atomic mass is 28.4. The first-order valence-corrected chi connectivity index (χ1v) is 27.5. The molecule has 326 valence electrons. The van der Waals surface area contributed by atoms with E-state index in [0.717, 1.165) is 52.6 Å². The number of carbonyl (C=O) groups excluding carboxylic acids is 1. The lowest BCUT2D eigenvalue weighted by Gasteiger charge is -2.53. The van der Waals surface area contributed by atoms with E-state index in [1.807, 2.05) is 79.7 Å². The van der Waals surface area contributed by atoms with Gasteiger partial charge in [0.25, 0.3) is 0 Å². The molecule has 0 amide bonds. The van der Waals surface area contributed by atoms with Gasteiger partial charge in [-0.1, -0.05) is 147 Å². The highest BCUT2D eigenvalue weighted by Gasteiger charge is 2.57. The van der Waals surface area contributed by atoms with E-state index in [4.69, 9.17) is 34.4 Å². The SMILES string of the molecule is C=C(CCCO[Si](CC)(CC)CC)[C@H]1[C@H](OCc2ccccc2)[C@H](OCc2ccc(OC)cc2)C(C)(C)[C@@H](O[Si](C)(C)C(C)(C)C)[C@@H](OCc2ccccc2)C(=O)[C@H]1C. The number of hydrogen-bond donors (Lipinski definition) is 0. The lowest BCUT2D eigenvalue weighted by molar-refractivity contribution is -0.207. The van der Waals surface area contributed by atoms with Gasteiger partial charge in [-0.05, 0) is 77.9 Å². The molecular weight excluding hydrogens is 769 g/mol. The van der Waals surface area contributed by atoms with E-state index >= 15 is 4.79 Å². The van der Waals surface area contributed by atoms with Crippen molar-refractivity contribution in [2.75, 3.05) is 13.7 Å². The van der Waals surface area contributed by atoms with Crippen LogP contribution >= 0.6 is 0 Å². The number of ether oxygens (including phenoxy) is 4. The van der Waals surface area contributed by atoms with Gasteiger partial charge in [0.2, 0.25) is 0 Å². The molecule has 1 saturated carbocycles. The van der Waals surface area contributed by atoms with Crippen molar-refractivity contribution in [1.82, 2.24) is 0 Å². The lowest BCUT2D eigenvalue weighted by Crippen LogP contribution is -2.64. The average molecular weight is 845 g/mol. The van der Waals surface area contributed by atoms with Crippen LogP contribution in [-0.2, 0) is 47.7 Å². The molecular formula is C50H76O7Si2. The van der Waals surface area contributed by atoms with E-state index in [1.165, 1.54) is 0 Å². The van der Waals surface area contributed by atoms with Gasteiger partial charge < -0.3 is 27.8 Å². The van der Waals surface area contributed by atoms with Crippen molar-refractivity contribution in [1.29, 1.82) is 0 Å². The average Bonchev–Trinajstić information content (AvgIpc) is 3.22. The molecule has 0 aliphatic heterocycles. The Kier molecular flexibility index (Phi) is 18.0. The van der Waals surface area contributed by atoms with E-state index in [9.17, 15) is 0 Å². The van der Waals surface area contributed by atoms with Crippen LogP contribution in [0.4, 0.5) is 0 Å². The van der Waals surface area contributed by atoms with Crippen LogP contribution < -0.4 is 4.74 Å². The summed E-state index contributed by atoms with van der Waals surface area (Å²) in [7, 11) is -2.59. The summed E-state index contributed by atoms with van der Waals surface area (Å²) < 4.78 is 41.0. The molecule has 0 spiro atoms. The van der Waals surface area contributed by atoms with Gasteiger partial charge in [0.15, 0.2) is 22.4 Å². The summed E-state index contributed by atoms with van der Waals surface area (Å²) in [6.45, 7) is 30.8. The summed E-state index contributed by atoms with van der Waals surface area (Å²) in [4.78, 5) is 15.5. The fourth-order valence-corrected chi connectivity index (χ4v) is 12.3. The predicted molar refractivity (Wildman–Crippen MR) is 247 cm³/mol. The molecule has 0 N–H and O–H groups in total. The second kappa shape index (κ2) is 21.8. The minimum Gasteiger partial charge on any atom is -0.497 e. The summed E-state index contributed by atoms with van der Waals surface area (Å²) in [5, 5.41) is -0.126. The van der Waals surface area contributed by atoms with Gasteiger partial charge in [-0.15, -0.1) is 0 Å². The van der Waals surface area contributed by atoms with Crippen LogP contribution in [0.1, 0.15) is 91.8 Å². The van der Waals surface area contributed by atoms with Crippen molar-refractivity contribution < 1.29 is 32.6 Å². The third-order valence-corrected chi connectivity index (χ3v) is 22.6. The minimum atomic E-state index is -2.50. The van der Waals surface area contributed by atoms with E-state index < -0.39 is 52.4 Å². The molecule has 3 aromatic carbocycles. The molecule has 7 nitrogen and oxygen atoms in total. The van der Waals surface area contributed by atoms with Gasteiger partial charge in [0, 0.05) is 23.9 Å². The Morgan fingerprint density at radius 3 is 1.76 bits per heavy atom. The third-order valence-electron chi connectivity index (χ3n) is 13.5. The number of hydrogen-bond acceptors (Lipinski definition) is 7. The topological polar surface area (TPSA) is 72.5 Å². The predicted octanol–water partition coefficient (Wildman–Crippen LogP) is 12.4. The van der Waals surface area contributed by atoms with Gasteiger partial charge in [0.05, 0.1) is 45.2 Å². The Labute approximate surface area is 359 Å². The second-order valence-corrected chi connectivity index (χ2v) is 28.3. The molecule has 1 fully saturated rings. The first kappa shape index (κ1) is 48.8. The first-order chi connectivity index (χ1) is 27.9. The van der Waals surface area contributed by atoms with E-state index in [1.54, 1.807) is 7.11 Å². The molecule has 1 aliphatic rings. The fourth-order valence-electron chi connectivity index (χ4n) is 8.24. The minimum absolute atomic E-state index is 0.0106. The van der Waals surface area contributed by atoms with Gasteiger partial charge in [0.1, 0.15) is 11.9 Å². The maximum atomic E-state index is 15.5. The largest absolute Gasteiger partial charge is 0.497 e. The summed E-state index contributed by atoms with van der Waals surface area (Å²) in [5.41, 5.74) is 3.26. The summed E-state index contributed by atoms with van der Waals surface area (Å²) >= 11 is 0. The molecule has 0 heterocycles. The van der Waals surface area contributed by atoms with Crippen molar-refractivity contribution in [3.05, 3.63) is 114 Å². The quantitative estimate of drug-likeness (QED) is 0.0601. The summed E-state index contributed by atoms with van der Waals surface area (Å²) in [6, 6.07) is 31.7. The second-order valence-electron chi connectivity index (χ2n) is 18.7. The van der Waals surface area contributed by atoms with Crippen LogP contribution in [0.2, 0.25) is 36.3 Å². The third kappa shape index (κ3) is 12.6. The summed E-state index contributed by atoms with van der Waals surface area (Å²) in [5.74, 6) is -0.0752. The number of methoxy groups -OCH3 is 1. The maximum Gasteiger partial charge on any atom is 0.192 e. The zero-order valence-corrected chi connectivity index (χ0v) is 40.5. The smallest absolute Gasteiger partial charge is 0.192 e. The molecule has 0 saturated heterocycles. The van der Waals surface area contributed by atoms with Crippen molar-refractivity contribution in [2.24, 2.45) is 17.3 Å². The molecule has 9 heteroatoms. The van der Waals surface area contributed by atoms with Crippen LogP contribution in [0.5, 0.6) is 5.75 Å². The van der Waals surface area contributed by atoms with Gasteiger partial charge >= 0.3 is 0 Å². The Bertz CT molecular complexity index is 1710. The van der Waals surface area contributed by atoms with Crippen LogP contribution in [0.25, 0.3) is 0 Å². The van der Waals surface area contributed by atoms with Gasteiger partial charge in [-0.3, -0.25) is 4.79 Å². The molecule has 0 radical (unpaired) electrons. The Morgan fingerprint density at radius 1 is 0.746 bits per heavy atom. The number of carbonyl (C=O) groups is 1. The fraction of sp³-hybridized carbons (Fsp3) is 0.580. The van der Waals surface area contributed by atoms with Crippen molar-refractivity contribution in [3.63, 3.8) is 0 Å². The van der Waals surface area contributed by atoms with Crippen molar-refractivity contribution in [3.8, 4) is 5.75 Å². The van der Waals surface area contributed by atoms with Crippen LogP contribution in [0, 0.1) is 17.3 Å². The molecule has 0 bridgehead atoms. The molecule has 3 aromatic rings. The van der Waals surface area contributed by atoms with Crippen LogP contribution in [0.15, 0.2) is 97.1 Å². The molecule has 0 unspecified atom stereocenters.